The summed E-state index contributed by atoms with van der Waals surface area (Å²) in [5.41, 5.74) is 8.49. The van der Waals surface area contributed by atoms with E-state index in [1.54, 1.807) is 29.3 Å². The second-order valence-electron chi connectivity index (χ2n) is 10.6. The molecule has 40 heavy (non-hydrogen) atoms. The van der Waals surface area contributed by atoms with Gasteiger partial charge in [-0.05, 0) is 42.7 Å². The molecular weight excluding hydrogens is 534 g/mol. The number of nitrogens with zero attached hydrogens (tertiary/aromatic N) is 3. The molecule has 12 heteroatoms. The predicted octanol–water partition coefficient (Wildman–Crippen LogP) is 3.09. The zero-order valence-corrected chi connectivity index (χ0v) is 23.2. The Bertz CT molecular complexity index is 1540. The van der Waals surface area contributed by atoms with Crippen molar-refractivity contribution in [2.24, 2.45) is 0 Å². The van der Waals surface area contributed by atoms with Gasteiger partial charge in [-0.25, -0.2) is 23.1 Å². The van der Waals surface area contributed by atoms with Crippen LogP contribution in [0.15, 0.2) is 41.4 Å². The SMILES string of the molecule is COc1ncc(-c2ccc3nc(N)c(C(=O)N4CCC5(CC4)OCCO5)cc3c2)cc1S(=O)(=O)NC1CCCC1. The van der Waals surface area contributed by atoms with Crippen molar-refractivity contribution in [1.29, 1.82) is 0 Å². The number of ether oxygens (including phenoxy) is 3. The summed E-state index contributed by atoms with van der Waals surface area (Å²) in [4.78, 5) is 23.9. The molecule has 2 aromatic heterocycles. The number of fused-ring (bicyclic) bond motifs is 1. The van der Waals surface area contributed by atoms with Crippen LogP contribution in [0.1, 0.15) is 48.9 Å². The van der Waals surface area contributed by atoms with Gasteiger partial charge in [0, 0.05) is 49.1 Å². The van der Waals surface area contributed by atoms with E-state index in [0.29, 0.717) is 61.2 Å². The first-order chi connectivity index (χ1) is 19.3. The minimum atomic E-state index is -3.84. The fourth-order valence-corrected chi connectivity index (χ4v) is 7.26. The fourth-order valence-electron chi connectivity index (χ4n) is 5.81. The molecule has 2 aliphatic heterocycles. The monoisotopic (exact) mass is 567 g/mol. The molecule has 11 nitrogen and oxygen atoms in total. The first-order valence-corrected chi connectivity index (χ1v) is 15.1. The van der Waals surface area contributed by atoms with E-state index in [-0.39, 0.29) is 28.5 Å². The van der Waals surface area contributed by atoms with Gasteiger partial charge >= 0.3 is 0 Å². The van der Waals surface area contributed by atoms with Crippen molar-refractivity contribution < 1.29 is 27.4 Å². The maximum atomic E-state index is 13.4. The molecule has 3 aromatic rings. The zero-order chi connectivity index (χ0) is 27.9. The van der Waals surface area contributed by atoms with E-state index in [2.05, 4.69) is 14.7 Å². The smallest absolute Gasteiger partial charge is 0.257 e. The van der Waals surface area contributed by atoms with Crippen molar-refractivity contribution in [2.75, 3.05) is 39.1 Å². The lowest BCUT2D eigenvalue weighted by atomic mass is 10.0. The number of rotatable bonds is 6. The Morgan fingerprint density at radius 3 is 2.52 bits per heavy atom. The van der Waals surface area contributed by atoms with Gasteiger partial charge in [0.2, 0.25) is 15.9 Å². The van der Waals surface area contributed by atoms with Crippen LogP contribution in [0.3, 0.4) is 0 Å². The highest BCUT2D eigenvalue weighted by Crippen LogP contribution is 2.34. The second kappa shape index (κ2) is 10.6. The minimum absolute atomic E-state index is 0.0103. The summed E-state index contributed by atoms with van der Waals surface area (Å²) < 4.78 is 46.1. The zero-order valence-electron chi connectivity index (χ0n) is 22.4. The van der Waals surface area contributed by atoms with Crippen molar-refractivity contribution in [3.05, 3.63) is 42.1 Å². The van der Waals surface area contributed by atoms with Crippen LogP contribution in [0.5, 0.6) is 5.88 Å². The van der Waals surface area contributed by atoms with Gasteiger partial charge < -0.3 is 24.8 Å². The van der Waals surface area contributed by atoms with Gasteiger partial charge in [0.1, 0.15) is 10.7 Å². The molecule has 0 bridgehead atoms. The van der Waals surface area contributed by atoms with Gasteiger partial charge in [0.25, 0.3) is 5.91 Å². The Hall–Kier alpha value is -3.32. The number of sulfonamides is 1. The lowest BCUT2D eigenvalue weighted by Gasteiger charge is -2.37. The molecule has 0 radical (unpaired) electrons. The summed E-state index contributed by atoms with van der Waals surface area (Å²) in [6.07, 6.45) is 6.42. The number of pyridine rings is 2. The van der Waals surface area contributed by atoms with Crippen LogP contribution >= 0.6 is 0 Å². The third-order valence-corrected chi connectivity index (χ3v) is 9.53. The van der Waals surface area contributed by atoms with E-state index < -0.39 is 15.8 Å². The Kier molecular flexibility index (Phi) is 7.11. The van der Waals surface area contributed by atoms with E-state index >= 15 is 0 Å². The molecule has 1 aromatic carbocycles. The third-order valence-electron chi connectivity index (χ3n) is 8.01. The quantitative estimate of drug-likeness (QED) is 0.459. The number of piperidine rings is 1. The van der Waals surface area contributed by atoms with E-state index in [1.165, 1.54) is 7.11 Å². The summed E-state index contributed by atoms with van der Waals surface area (Å²) >= 11 is 0. The first kappa shape index (κ1) is 26.9. The number of nitrogen functional groups attached to an aromatic ring is 1. The molecule has 0 atom stereocenters. The van der Waals surface area contributed by atoms with Crippen molar-refractivity contribution >= 4 is 32.7 Å². The number of nitrogens with one attached hydrogen (secondary N) is 1. The van der Waals surface area contributed by atoms with Crippen molar-refractivity contribution in [2.45, 2.75) is 55.2 Å². The number of hydrogen-bond donors (Lipinski definition) is 2. The third kappa shape index (κ3) is 5.12. The normalized spacial score (nSPS) is 19.5. The van der Waals surface area contributed by atoms with Crippen LogP contribution in [0.4, 0.5) is 5.82 Å². The Labute approximate surface area is 233 Å². The van der Waals surface area contributed by atoms with Crippen LogP contribution in [-0.4, -0.2) is 74.4 Å². The lowest BCUT2D eigenvalue weighted by molar-refractivity contribution is -0.181. The number of carbonyl (C=O) groups excluding carboxylic acids is 1. The number of likely N-dealkylation sites (tertiary alicyclic amines) is 1. The first-order valence-electron chi connectivity index (χ1n) is 13.6. The van der Waals surface area contributed by atoms with Gasteiger partial charge in [-0.1, -0.05) is 18.9 Å². The van der Waals surface area contributed by atoms with Crippen molar-refractivity contribution in [1.82, 2.24) is 19.6 Å². The van der Waals surface area contributed by atoms with E-state index in [1.807, 2.05) is 12.1 Å². The largest absolute Gasteiger partial charge is 0.480 e. The lowest BCUT2D eigenvalue weighted by Crippen LogP contribution is -2.47. The highest BCUT2D eigenvalue weighted by atomic mass is 32.2. The van der Waals surface area contributed by atoms with Crippen molar-refractivity contribution in [3.63, 3.8) is 0 Å². The summed E-state index contributed by atoms with van der Waals surface area (Å²) in [6.45, 7) is 2.15. The Balaban J connectivity index is 1.29. The van der Waals surface area contributed by atoms with Crippen LogP contribution in [0.2, 0.25) is 0 Å². The topological polar surface area (TPSA) is 146 Å². The number of anilines is 1. The maximum absolute atomic E-state index is 13.4. The van der Waals surface area contributed by atoms with Gasteiger partial charge in [-0.2, -0.15) is 0 Å². The number of amides is 1. The molecule has 1 spiro atoms. The number of methoxy groups -OCH3 is 1. The highest BCUT2D eigenvalue weighted by Gasteiger charge is 2.41. The average Bonchev–Trinajstić information content (AvgIpc) is 3.64. The molecule has 212 valence electrons. The molecule has 2 saturated heterocycles. The standard InChI is InChI=1S/C28H33N5O6S/c1-37-26-24(40(35,36)32-21-4-2-3-5-21)16-20(17-30-26)18-6-7-23-19(14-18)15-22(25(29)31-23)27(34)33-10-8-28(9-11-33)38-12-13-39-28/h6-7,14-17,21,32H,2-5,8-13H2,1H3,(H2,29,31). The minimum Gasteiger partial charge on any atom is -0.480 e. The van der Waals surface area contributed by atoms with Crippen LogP contribution < -0.4 is 15.2 Å². The Morgan fingerprint density at radius 1 is 1.10 bits per heavy atom. The number of aromatic nitrogens is 2. The van der Waals surface area contributed by atoms with Gasteiger partial charge in [-0.15, -0.1) is 0 Å². The number of carbonyl (C=O) groups is 1. The van der Waals surface area contributed by atoms with Crippen LogP contribution in [0, 0.1) is 0 Å². The maximum Gasteiger partial charge on any atom is 0.257 e. The summed E-state index contributed by atoms with van der Waals surface area (Å²) in [7, 11) is -2.44. The molecule has 3 aliphatic rings. The van der Waals surface area contributed by atoms with Crippen LogP contribution in [-0.2, 0) is 19.5 Å². The summed E-state index contributed by atoms with van der Waals surface area (Å²) in [5, 5.41) is 0.704. The molecule has 1 aliphatic carbocycles. The van der Waals surface area contributed by atoms with E-state index in [9.17, 15) is 13.2 Å². The second-order valence-corrected chi connectivity index (χ2v) is 12.2. The molecule has 3 N–H and O–H groups in total. The highest BCUT2D eigenvalue weighted by molar-refractivity contribution is 7.89. The molecule has 4 heterocycles. The molecule has 1 saturated carbocycles. The molecule has 6 rings (SSSR count). The van der Waals surface area contributed by atoms with E-state index in [4.69, 9.17) is 19.9 Å². The van der Waals surface area contributed by atoms with E-state index in [0.717, 1.165) is 31.2 Å². The fraction of sp³-hybridized carbons (Fsp3) is 0.464. The molecule has 1 amide bonds. The number of benzene rings is 1. The number of nitrogens with two attached hydrogens (primary N) is 1. The van der Waals surface area contributed by atoms with Crippen LogP contribution in [0.25, 0.3) is 22.0 Å². The number of hydrogen-bond acceptors (Lipinski definition) is 9. The predicted molar refractivity (Wildman–Crippen MR) is 148 cm³/mol. The van der Waals surface area contributed by atoms with Gasteiger partial charge in [0.05, 0.1) is 31.4 Å². The molecular formula is C28H33N5O6S. The van der Waals surface area contributed by atoms with Gasteiger partial charge in [-0.3, -0.25) is 4.79 Å². The summed E-state index contributed by atoms with van der Waals surface area (Å²) in [6, 6.07) is 8.70. The van der Waals surface area contributed by atoms with Crippen molar-refractivity contribution in [3.8, 4) is 17.0 Å². The Morgan fingerprint density at radius 2 is 1.82 bits per heavy atom. The average molecular weight is 568 g/mol. The van der Waals surface area contributed by atoms with Gasteiger partial charge in [0.15, 0.2) is 5.79 Å². The summed E-state index contributed by atoms with van der Waals surface area (Å²) in [5.74, 6) is -0.572. The molecule has 3 fully saturated rings. The molecule has 0 unspecified atom stereocenters.